The molecule has 2 N–H and O–H groups in total. The monoisotopic (exact) mass is 250 g/mol. The Hall–Kier alpha value is -1.78. The first-order valence-corrected chi connectivity index (χ1v) is 6.08. The molecule has 0 spiro atoms. The highest BCUT2D eigenvalue weighted by Gasteiger charge is 2.15. The second-order valence-electron chi connectivity index (χ2n) is 4.61. The molecule has 0 atom stereocenters. The Labute approximate surface area is 108 Å². The summed E-state index contributed by atoms with van der Waals surface area (Å²) in [6, 6.07) is 0. The van der Waals surface area contributed by atoms with Crippen LogP contribution in [0.3, 0.4) is 0 Å². The maximum atomic E-state index is 12.1. The van der Waals surface area contributed by atoms with E-state index in [9.17, 15) is 4.79 Å². The van der Waals surface area contributed by atoms with Gasteiger partial charge < -0.3 is 10.6 Å². The first-order chi connectivity index (χ1) is 8.36. The van der Waals surface area contributed by atoms with Gasteiger partial charge in [-0.3, -0.25) is 9.48 Å². The molecular weight excluding hydrogens is 228 g/mol. The molecule has 0 unspecified atom stereocenters. The van der Waals surface area contributed by atoms with E-state index in [-0.39, 0.29) is 12.5 Å². The molecular formula is C13H22N4O. The van der Waals surface area contributed by atoms with Gasteiger partial charge in [0.2, 0.25) is 5.91 Å². The molecule has 1 aromatic rings. The van der Waals surface area contributed by atoms with Gasteiger partial charge in [-0.2, -0.15) is 5.10 Å². The van der Waals surface area contributed by atoms with Gasteiger partial charge in [0.1, 0.15) is 6.54 Å². The van der Waals surface area contributed by atoms with Crippen molar-refractivity contribution in [1.29, 1.82) is 0 Å². The average molecular weight is 250 g/mol. The van der Waals surface area contributed by atoms with Crippen LogP contribution in [0.5, 0.6) is 0 Å². The van der Waals surface area contributed by atoms with Crippen molar-refractivity contribution in [3.63, 3.8) is 0 Å². The predicted octanol–water partition coefficient (Wildman–Crippen LogP) is 1.51. The minimum atomic E-state index is 0.0334. The van der Waals surface area contributed by atoms with Crippen LogP contribution in [0, 0.1) is 13.8 Å². The number of hydrogen-bond donors (Lipinski definition) is 1. The lowest BCUT2D eigenvalue weighted by atomic mass is 10.3. The molecule has 1 aromatic heterocycles. The zero-order valence-corrected chi connectivity index (χ0v) is 11.7. The Morgan fingerprint density at radius 3 is 2.50 bits per heavy atom. The third kappa shape index (κ3) is 3.12. The zero-order chi connectivity index (χ0) is 13.9. The Bertz CT molecular complexity index is 462. The van der Waals surface area contributed by atoms with Gasteiger partial charge in [-0.1, -0.05) is 12.2 Å². The Morgan fingerprint density at radius 1 is 1.50 bits per heavy atom. The maximum absolute atomic E-state index is 12.1. The number of hydrogen-bond acceptors (Lipinski definition) is 3. The minimum absolute atomic E-state index is 0.0334. The van der Waals surface area contributed by atoms with Crippen molar-refractivity contribution in [2.45, 2.75) is 34.2 Å². The molecule has 0 saturated carbocycles. The van der Waals surface area contributed by atoms with E-state index in [0.717, 1.165) is 17.0 Å². The number of aryl methyl sites for hydroxylation is 1. The topological polar surface area (TPSA) is 64.2 Å². The molecule has 1 amide bonds. The number of amides is 1. The van der Waals surface area contributed by atoms with Crippen molar-refractivity contribution in [3.05, 3.63) is 23.5 Å². The van der Waals surface area contributed by atoms with Crippen molar-refractivity contribution in [2.24, 2.45) is 0 Å². The first-order valence-electron chi connectivity index (χ1n) is 6.08. The van der Waals surface area contributed by atoms with Gasteiger partial charge in [-0.15, -0.1) is 0 Å². The summed E-state index contributed by atoms with van der Waals surface area (Å²) in [5, 5.41) is 4.27. The molecule has 1 heterocycles. The van der Waals surface area contributed by atoms with Gasteiger partial charge >= 0.3 is 0 Å². The van der Waals surface area contributed by atoms with Crippen molar-refractivity contribution < 1.29 is 4.79 Å². The van der Waals surface area contributed by atoms with Crippen LogP contribution in [0.4, 0.5) is 5.69 Å². The summed E-state index contributed by atoms with van der Waals surface area (Å²) in [5.74, 6) is 0.0334. The molecule has 5 heteroatoms. The summed E-state index contributed by atoms with van der Waals surface area (Å²) >= 11 is 0. The SMILES string of the molecule is C=C(C)CN(CC)C(=O)Cn1nc(C)c(N)c1C. The van der Waals surface area contributed by atoms with Gasteiger partial charge in [-0.05, 0) is 27.7 Å². The maximum Gasteiger partial charge on any atom is 0.244 e. The highest BCUT2D eigenvalue weighted by molar-refractivity contribution is 5.76. The van der Waals surface area contributed by atoms with Crippen LogP contribution in [-0.4, -0.2) is 33.7 Å². The number of nitrogens with two attached hydrogens (primary N) is 1. The average Bonchev–Trinajstić information content (AvgIpc) is 2.53. The lowest BCUT2D eigenvalue weighted by Gasteiger charge is -2.21. The molecule has 0 aromatic carbocycles. The molecule has 100 valence electrons. The van der Waals surface area contributed by atoms with Gasteiger partial charge in [0.25, 0.3) is 0 Å². The third-order valence-corrected chi connectivity index (χ3v) is 2.92. The second kappa shape index (κ2) is 5.71. The summed E-state index contributed by atoms with van der Waals surface area (Å²) < 4.78 is 1.66. The summed E-state index contributed by atoms with van der Waals surface area (Å²) in [5.41, 5.74) is 9.08. The van der Waals surface area contributed by atoms with E-state index >= 15 is 0 Å². The quantitative estimate of drug-likeness (QED) is 0.806. The molecule has 0 aliphatic carbocycles. The number of nitrogen functional groups attached to an aromatic ring is 1. The standard InChI is InChI=1S/C13H22N4O/c1-6-16(7-9(2)3)12(18)8-17-11(5)13(14)10(4)15-17/h2,6-8,14H2,1,3-5H3. The molecule has 0 fully saturated rings. The first kappa shape index (κ1) is 14.3. The van der Waals surface area contributed by atoms with E-state index in [0.29, 0.717) is 18.8 Å². The van der Waals surface area contributed by atoms with Crippen LogP contribution in [0.25, 0.3) is 0 Å². The summed E-state index contributed by atoms with van der Waals surface area (Å²) in [7, 11) is 0. The van der Waals surface area contributed by atoms with Gasteiger partial charge in [-0.25, -0.2) is 0 Å². The number of carbonyl (C=O) groups is 1. The van der Waals surface area contributed by atoms with Gasteiger partial charge in [0.05, 0.1) is 17.1 Å². The molecule has 0 radical (unpaired) electrons. The normalized spacial score (nSPS) is 10.4. The Kier molecular flexibility index (Phi) is 4.53. The largest absolute Gasteiger partial charge is 0.396 e. The van der Waals surface area contributed by atoms with E-state index in [1.54, 1.807) is 9.58 Å². The molecule has 0 aliphatic heterocycles. The minimum Gasteiger partial charge on any atom is -0.396 e. The van der Waals surface area contributed by atoms with E-state index in [2.05, 4.69) is 11.7 Å². The number of anilines is 1. The Morgan fingerprint density at radius 2 is 2.11 bits per heavy atom. The number of nitrogens with zero attached hydrogens (tertiary/aromatic N) is 3. The molecule has 18 heavy (non-hydrogen) atoms. The fraction of sp³-hybridized carbons (Fsp3) is 0.538. The van der Waals surface area contributed by atoms with Crippen molar-refractivity contribution in [1.82, 2.24) is 14.7 Å². The lowest BCUT2D eigenvalue weighted by Crippen LogP contribution is -2.35. The fourth-order valence-corrected chi connectivity index (χ4v) is 1.79. The van der Waals surface area contributed by atoms with Crippen LogP contribution in [-0.2, 0) is 11.3 Å². The van der Waals surface area contributed by atoms with Crippen LogP contribution >= 0.6 is 0 Å². The van der Waals surface area contributed by atoms with E-state index in [1.807, 2.05) is 27.7 Å². The molecule has 0 aliphatic rings. The highest BCUT2D eigenvalue weighted by Crippen LogP contribution is 2.14. The molecule has 1 rings (SSSR count). The van der Waals surface area contributed by atoms with Gasteiger partial charge in [0.15, 0.2) is 0 Å². The van der Waals surface area contributed by atoms with Crippen LogP contribution in [0.15, 0.2) is 12.2 Å². The van der Waals surface area contributed by atoms with Gasteiger partial charge in [0, 0.05) is 13.1 Å². The van der Waals surface area contributed by atoms with E-state index in [1.165, 1.54) is 0 Å². The lowest BCUT2D eigenvalue weighted by molar-refractivity contribution is -0.131. The van der Waals surface area contributed by atoms with Crippen LogP contribution in [0.1, 0.15) is 25.2 Å². The third-order valence-electron chi connectivity index (χ3n) is 2.92. The van der Waals surface area contributed by atoms with Crippen molar-refractivity contribution >= 4 is 11.6 Å². The Balaban J connectivity index is 2.79. The zero-order valence-electron chi connectivity index (χ0n) is 11.7. The molecule has 0 bridgehead atoms. The fourth-order valence-electron chi connectivity index (χ4n) is 1.79. The summed E-state index contributed by atoms with van der Waals surface area (Å²) in [6.07, 6.45) is 0. The predicted molar refractivity (Wildman–Crippen MR) is 73.2 cm³/mol. The molecule has 0 saturated heterocycles. The number of likely N-dealkylation sites (N-methyl/N-ethyl adjacent to an activating group) is 1. The smallest absolute Gasteiger partial charge is 0.244 e. The van der Waals surface area contributed by atoms with Crippen LogP contribution < -0.4 is 5.73 Å². The van der Waals surface area contributed by atoms with Crippen LogP contribution in [0.2, 0.25) is 0 Å². The summed E-state index contributed by atoms with van der Waals surface area (Å²) in [6.45, 7) is 12.9. The van der Waals surface area contributed by atoms with Crippen molar-refractivity contribution in [3.8, 4) is 0 Å². The number of rotatable bonds is 5. The van der Waals surface area contributed by atoms with E-state index < -0.39 is 0 Å². The number of carbonyl (C=O) groups excluding carboxylic acids is 1. The number of aromatic nitrogens is 2. The van der Waals surface area contributed by atoms with E-state index in [4.69, 9.17) is 5.73 Å². The molecule has 5 nitrogen and oxygen atoms in total. The second-order valence-corrected chi connectivity index (χ2v) is 4.61. The van der Waals surface area contributed by atoms with Crippen molar-refractivity contribution in [2.75, 3.05) is 18.8 Å². The summed E-state index contributed by atoms with van der Waals surface area (Å²) in [4.78, 5) is 13.9. The highest BCUT2D eigenvalue weighted by atomic mass is 16.2.